The smallest absolute Gasteiger partial charge is 0.270 e. The van der Waals surface area contributed by atoms with Crippen LogP contribution in [-0.2, 0) is 0 Å². The highest BCUT2D eigenvalue weighted by Gasteiger charge is 2.26. The average molecular weight is 371 g/mol. The van der Waals surface area contributed by atoms with Crippen LogP contribution in [0.15, 0.2) is 42.6 Å². The molecule has 1 aromatic heterocycles. The van der Waals surface area contributed by atoms with Crippen LogP contribution in [0.4, 0.5) is 5.69 Å². The molecule has 3 rings (SSSR count). The van der Waals surface area contributed by atoms with E-state index in [-0.39, 0.29) is 11.6 Å². The number of fused-ring (bicyclic) bond motifs is 1. The van der Waals surface area contributed by atoms with Gasteiger partial charge in [-0.15, -0.1) is 0 Å². The van der Waals surface area contributed by atoms with Gasteiger partial charge in [0.05, 0.1) is 10.4 Å². The number of non-ortho nitro benzene ring substituents is 1. The maximum absolute atomic E-state index is 12.9. The van der Waals surface area contributed by atoms with Gasteiger partial charge in [0, 0.05) is 45.3 Å². The van der Waals surface area contributed by atoms with Gasteiger partial charge in [-0.2, -0.15) is 0 Å². The number of carbonyl (C=O) groups is 1. The molecular formula is C20H19ClN2O3. The summed E-state index contributed by atoms with van der Waals surface area (Å²) in [6, 6.07) is 10.1. The number of hydrogen-bond donors (Lipinski definition) is 0. The average Bonchev–Trinajstić information content (AvgIpc) is 2.91. The summed E-state index contributed by atoms with van der Waals surface area (Å²) in [5.74, 6) is -0.0547. The molecule has 0 atom stereocenters. The molecule has 0 fully saturated rings. The third-order valence-electron chi connectivity index (χ3n) is 4.27. The number of aryl methyl sites for hydroxylation is 1. The Bertz CT molecular complexity index is 1050. The first-order valence-corrected chi connectivity index (χ1v) is 8.58. The Balaban J connectivity index is 2.34. The molecule has 0 bridgehead atoms. The Labute approximate surface area is 156 Å². The van der Waals surface area contributed by atoms with Crippen molar-refractivity contribution in [2.45, 2.75) is 27.7 Å². The lowest BCUT2D eigenvalue weighted by Crippen LogP contribution is -2.26. The Morgan fingerprint density at radius 3 is 2.42 bits per heavy atom. The van der Waals surface area contributed by atoms with Crippen molar-refractivity contribution in [3.05, 3.63) is 63.3 Å². The predicted octanol–water partition coefficient (Wildman–Crippen LogP) is 5.86. The summed E-state index contributed by atoms with van der Waals surface area (Å²) in [4.78, 5) is 23.6. The minimum Gasteiger partial charge on any atom is -0.286 e. The number of nitrogens with zero attached hydrogens (tertiary/aromatic N) is 2. The van der Waals surface area contributed by atoms with Crippen LogP contribution in [0.3, 0.4) is 0 Å². The van der Waals surface area contributed by atoms with Gasteiger partial charge in [0.25, 0.3) is 5.69 Å². The van der Waals surface area contributed by atoms with Crippen molar-refractivity contribution in [1.82, 2.24) is 4.57 Å². The zero-order valence-corrected chi connectivity index (χ0v) is 15.8. The second-order valence-electron chi connectivity index (χ2n) is 7.41. The molecular weight excluding hydrogens is 352 g/mol. The van der Waals surface area contributed by atoms with Crippen LogP contribution in [0.5, 0.6) is 0 Å². The van der Waals surface area contributed by atoms with Gasteiger partial charge >= 0.3 is 0 Å². The van der Waals surface area contributed by atoms with Crippen molar-refractivity contribution in [2.24, 2.45) is 5.41 Å². The predicted molar refractivity (Wildman–Crippen MR) is 104 cm³/mol. The van der Waals surface area contributed by atoms with Gasteiger partial charge in [-0.1, -0.05) is 44.5 Å². The number of rotatable bonds is 2. The first-order valence-electron chi connectivity index (χ1n) is 8.20. The van der Waals surface area contributed by atoms with E-state index in [1.54, 1.807) is 10.8 Å². The van der Waals surface area contributed by atoms with E-state index >= 15 is 0 Å². The summed E-state index contributed by atoms with van der Waals surface area (Å²) in [5, 5.41) is 12.4. The van der Waals surface area contributed by atoms with Gasteiger partial charge in [0.15, 0.2) is 0 Å². The summed E-state index contributed by atoms with van der Waals surface area (Å²) in [6.45, 7) is 7.53. The number of aromatic nitrogens is 1. The van der Waals surface area contributed by atoms with Crippen LogP contribution in [0.1, 0.15) is 31.1 Å². The molecule has 0 N–H and O–H groups in total. The van der Waals surface area contributed by atoms with Crippen LogP contribution in [-0.4, -0.2) is 15.4 Å². The van der Waals surface area contributed by atoms with Crippen LogP contribution in [0, 0.1) is 22.5 Å². The molecule has 0 saturated carbocycles. The molecule has 0 spiro atoms. The molecule has 0 saturated heterocycles. The second-order valence-corrected chi connectivity index (χ2v) is 7.82. The SMILES string of the molecule is Cc1ccc2c(-c3cc([N+](=O)[O-])ccc3Cl)cn(C(=O)C(C)(C)C)c2c1. The Hall–Kier alpha value is -2.66. The molecule has 26 heavy (non-hydrogen) atoms. The maximum Gasteiger partial charge on any atom is 0.270 e. The van der Waals surface area contributed by atoms with Gasteiger partial charge in [-0.05, 0) is 24.6 Å². The molecule has 2 aromatic carbocycles. The molecule has 6 heteroatoms. The van der Waals surface area contributed by atoms with E-state index in [1.807, 2.05) is 45.9 Å². The van der Waals surface area contributed by atoms with Gasteiger partial charge in [0.2, 0.25) is 5.91 Å². The molecule has 3 aromatic rings. The third-order valence-corrected chi connectivity index (χ3v) is 4.60. The first-order chi connectivity index (χ1) is 12.1. The van der Waals surface area contributed by atoms with Crippen molar-refractivity contribution in [1.29, 1.82) is 0 Å². The Morgan fingerprint density at radius 2 is 1.81 bits per heavy atom. The highest BCUT2D eigenvalue weighted by molar-refractivity contribution is 6.34. The number of nitro groups is 1. The third kappa shape index (κ3) is 3.10. The minimum absolute atomic E-state index is 0.0421. The fraction of sp³-hybridized carbons (Fsp3) is 0.250. The number of nitro benzene ring substituents is 1. The van der Waals surface area contributed by atoms with Crippen molar-refractivity contribution < 1.29 is 9.72 Å². The number of hydrogen-bond acceptors (Lipinski definition) is 3. The molecule has 0 aliphatic heterocycles. The monoisotopic (exact) mass is 370 g/mol. The summed E-state index contributed by atoms with van der Waals surface area (Å²) in [7, 11) is 0. The largest absolute Gasteiger partial charge is 0.286 e. The van der Waals surface area contributed by atoms with Crippen molar-refractivity contribution in [3.63, 3.8) is 0 Å². The standard InChI is InChI=1S/C20H19ClN2O3/c1-12-5-7-14-16(15-10-13(23(25)26)6-8-17(15)21)11-22(18(14)9-12)19(24)20(2,3)4/h5-11H,1-4H3. The van der Waals surface area contributed by atoms with E-state index in [2.05, 4.69) is 0 Å². The van der Waals surface area contributed by atoms with Crippen molar-refractivity contribution in [2.75, 3.05) is 0 Å². The lowest BCUT2D eigenvalue weighted by atomic mass is 9.95. The van der Waals surface area contributed by atoms with E-state index in [4.69, 9.17) is 11.6 Å². The number of halogens is 1. The molecule has 0 aliphatic rings. The number of benzene rings is 2. The van der Waals surface area contributed by atoms with E-state index < -0.39 is 10.3 Å². The molecule has 134 valence electrons. The molecule has 0 amide bonds. The lowest BCUT2D eigenvalue weighted by molar-refractivity contribution is -0.384. The first kappa shape index (κ1) is 18.1. The van der Waals surface area contributed by atoms with Gasteiger partial charge in [-0.25, -0.2) is 0 Å². The van der Waals surface area contributed by atoms with Crippen LogP contribution < -0.4 is 0 Å². The number of carbonyl (C=O) groups excluding carboxylic acids is 1. The van der Waals surface area contributed by atoms with Gasteiger partial charge < -0.3 is 0 Å². The van der Waals surface area contributed by atoms with Gasteiger partial charge in [-0.3, -0.25) is 19.5 Å². The summed E-state index contributed by atoms with van der Waals surface area (Å²) < 4.78 is 1.62. The molecule has 0 unspecified atom stereocenters. The lowest BCUT2D eigenvalue weighted by Gasteiger charge is -2.17. The van der Waals surface area contributed by atoms with Crippen molar-refractivity contribution in [3.8, 4) is 11.1 Å². The fourth-order valence-corrected chi connectivity index (χ4v) is 3.13. The Kier molecular flexibility index (Phi) is 4.36. The highest BCUT2D eigenvalue weighted by atomic mass is 35.5. The van der Waals surface area contributed by atoms with Crippen molar-refractivity contribution >= 4 is 34.1 Å². The maximum atomic E-state index is 12.9. The topological polar surface area (TPSA) is 65.1 Å². The van der Waals surface area contributed by atoms with E-state index in [0.717, 1.165) is 16.5 Å². The Morgan fingerprint density at radius 1 is 1.12 bits per heavy atom. The fourth-order valence-electron chi connectivity index (χ4n) is 2.91. The molecule has 0 radical (unpaired) electrons. The van der Waals surface area contributed by atoms with E-state index in [0.29, 0.717) is 16.1 Å². The zero-order chi connectivity index (χ0) is 19.2. The molecule has 5 nitrogen and oxygen atoms in total. The quantitative estimate of drug-likeness (QED) is 0.419. The normalized spacial score (nSPS) is 11.7. The zero-order valence-electron chi connectivity index (χ0n) is 15.0. The van der Waals surface area contributed by atoms with E-state index in [1.165, 1.54) is 18.2 Å². The minimum atomic E-state index is -0.570. The van der Waals surface area contributed by atoms with Crippen LogP contribution in [0.2, 0.25) is 5.02 Å². The highest BCUT2D eigenvalue weighted by Crippen LogP contribution is 2.38. The van der Waals surface area contributed by atoms with Crippen LogP contribution >= 0.6 is 11.6 Å². The molecule has 1 heterocycles. The van der Waals surface area contributed by atoms with Crippen LogP contribution in [0.25, 0.3) is 22.0 Å². The van der Waals surface area contributed by atoms with E-state index in [9.17, 15) is 14.9 Å². The van der Waals surface area contributed by atoms with Gasteiger partial charge in [0.1, 0.15) is 0 Å². The summed E-state index contributed by atoms with van der Waals surface area (Å²) in [6.07, 6.45) is 1.72. The summed E-state index contributed by atoms with van der Waals surface area (Å²) in [5.41, 5.74) is 2.41. The molecule has 0 aliphatic carbocycles. The summed E-state index contributed by atoms with van der Waals surface area (Å²) >= 11 is 6.33. The second kappa shape index (κ2) is 6.25.